The third-order valence-electron chi connectivity index (χ3n) is 4.73. The SMILES string of the molecule is C=CC(=O)N(C)CC(=O)N1Cc2cc(Br)ccc2OC2(CCC2)C1. The van der Waals surface area contributed by atoms with Gasteiger partial charge in [0.15, 0.2) is 0 Å². The van der Waals surface area contributed by atoms with Crippen LogP contribution in [0.4, 0.5) is 0 Å². The molecule has 5 nitrogen and oxygen atoms in total. The second-order valence-electron chi connectivity index (χ2n) is 6.54. The van der Waals surface area contributed by atoms with Crippen LogP contribution in [0.25, 0.3) is 0 Å². The van der Waals surface area contributed by atoms with E-state index in [0.29, 0.717) is 13.1 Å². The molecule has 1 aliphatic heterocycles. The third-order valence-corrected chi connectivity index (χ3v) is 5.22. The summed E-state index contributed by atoms with van der Waals surface area (Å²) in [6, 6.07) is 5.91. The maximum absolute atomic E-state index is 12.7. The van der Waals surface area contributed by atoms with Crippen molar-refractivity contribution in [3.05, 3.63) is 40.9 Å². The molecule has 1 heterocycles. The Hall–Kier alpha value is -1.82. The van der Waals surface area contributed by atoms with E-state index in [2.05, 4.69) is 22.5 Å². The molecule has 1 aromatic carbocycles. The van der Waals surface area contributed by atoms with E-state index in [4.69, 9.17) is 4.74 Å². The molecule has 2 aliphatic rings. The molecule has 6 heteroatoms. The minimum Gasteiger partial charge on any atom is -0.485 e. The molecule has 128 valence electrons. The van der Waals surface area contributed by atoms with Crippen molar-refractivity contribution in [2.45, 2.75) is 31.4 Å². The number of nitrogens with zero attached hydrogens (tertiary/aromatic N) is 2. The minimum absolute atomic E-state index is 0.0459. The number of ether oxygens (including phenoxy) is 1. The summed E-state index contributed by atoms with van der Waals surface area (Å²) in [4.78, 5) is 27.6. The Balaban J connectivity index is 1.83. The maximum Gasteiger partial charge on any atom is 0.246 e. The lowest BCUT2D eigenvalue weighted by Crippen LogP contribution is -2.53. The summed E-state index contributed by atoms with van der Waals surface area (Å²) in [6.45, 7) is 4.56. The van der Waals surface area contributed by atoms with Crippen molar-refractivity contribution in [3.8, 4) is 5.75 Å². The highest BCUT2D eigenvalue weighted by Gasteiger charge is 2.44. The lowest BCUT2D eigenvalue weighted by atomic mass is 9.79. The number of carbonyl (C=O) groups excluding carboxylic acids is 2. The first-order chi connectivity index (χ1) is 11.4. The predicted octanol–water partition coefficient (Wildman–Crippen LogP) is 2.74. The molecule has 0 bridgehead atoms. The Morgan fingerprint density at radius 2 is 2.21 bits per heavy atom. The van der Waals surface area contributed by atoms with Crippen LogP contribution in [-0.4, -0.2) is 47.4 Å². The van der Waals surface area contributed by atoms with Crippen LogP contribution < -0.4 is 4.74 Å². The van der Waals surface area contributed by atoms with Gasteiger partial charge in [0.05, 0.1) is 13.1 Å². The average Bonchev–Trinajstić information content (AvgIpc) is 2.70. The number of hydrogen-bond acceptors (Lipinski definition) is 3. The summed E-state index contributed by atoms with van der Waals surface area (Å²) in [5.41, 5.74) is 0.703. The number of halogens is 1. The molecule has 1 aliphatic carbocycles. The Morgan fingerprint density at radius 1 is 1.46 bits per heavy atom. The molecule has 1 spiro atoms. The Bertz CT molecular complexity index is 685. The molecule has 0 radical (unpaired) electrons. The molecule has 2 amide bonds. The van der Waals surface area contributed by atoms with Gasteiger partial charge in [-0.05, 0) is 43.5 Å². The summed E-state index contributed by atoms with van der Waals surface area (Å²) < 4.78 is 7.24. The van der Waals surface area contributed by atoms with Crippen molar-refractivity contribution in [1.29, 1.82) is 0 Å². The Labute approximate surface area is 150 Å². The Morgan fingerprint density at radius 3 is 2.83 bits per heavy atom. The van der Waals surface area contributed by atoms with E-state index in [1.54, 1.807) is 7.05 Å². The van der Waals surface area contributed by atoms with E-state index >= 15 is 0 Å². The van der Waals surface area contributed by atoms with Crippen LogP contribution in [0.5, 0.6) is 5.75 Å². The van der Waals surface area contributed by atoms with Gasteiger partial charge in [0.2, 0.25) is 11.8 Å². The van der Waals surface area contributed by atoms with Crippen molar-refractivity contribution < 1.29 is 14.3 Å². The highest BCUT2D eigenvalue weighted by Crippen LogP contribution is 2.41. The smallest absolute Gasteiger partial charge is 0.246 e. The minimum atomic E-state index is -0.282. The first-order valence-electron chi connectivity index (χ1n) is 8.05. The van der Waals surface area contributed by atoms with Crippen molar-refractivity contribution in [2.75, 3.05) is 20.1 Å². The summed E-state index contributed by atoms with van der Waals surface area (Å²) in [5.74, 6) is 0.523. The van der Waals surface area contributed by atoms with E-state index in [9.17, 15) is 9.59 Å². The Kier molecular flexibility index (Phi) is 4.67. The molecule has 0 aromatic heterocycles. The standard InChI is InChI=1S/C18H21BrN2O3/c1-3-16(22)20(2)11-17(23)21-10-13-9-14(19)5-6-15(13)24-18(12-21)7-4-8-18/h3,5-6,9H,1,4,7-8,10-12H2,2H3. The van der Waals surface area contributed by atoms with Crippen LogP contribution in [0.2, 0.25) is 0 Å². The summed E-state index contributed by atoms with van der Waals surface area (Å²) in [7, 11) is 1.61. The zero-order valence-corrected chi connectivity index (χ0v) is 15.3. The van der Waals surface area contributed by atoms with Gasteiger partial charge in [-0.2, -0.15) is 0 Å². The molecule has 24 heavy (non-hydrogen) atoms. The molecule has 1 fully saturated rings. The predicted molar refractivity (Wildman–Crippen MR) is 94.6 cm³/mol. The summed E-state index contributed by atoms with van der Waals surface area (Å²) in [5, 5.41) is 0. The summed E-state index contributed by atoms with van der Waals surface area (Å²) >= 11 is 3.48. The number of rotatable bonds is 3. The van der Waals surface area contributed by atoms with Crippen LogP contribution >= 0.6 is 15.9 Å². The first kappa shape index (κ1) is 17.0. The van der Waals surface area contributed by atoms with Gasteiger partial charge in [0.25, 0.3) is 0 Å². The number of carbonyl (C=O) groups is 2. The quantitative estimate of drug-likeness (QED) is 0.743. The van der Waals surface area contributed by atoms with Gasteiger partial charge < -0.3 is 14.5 Å². The van der Waals surface area contributed by atoms with Crippen LogP contribution in [0.1, 0.15) is 24.8 Å². The van der Waals surface area contributed by atoms with Crippen molar-refractivity contribution in [1.82, 2.24) is 9.80 Å². The maximum atomic E-state index is 12.7. The van der Waals surface area contributed by atoms with Gasteiger partial charge in [0, 0.05) is 23.6 Å². The van der Waals surface area contributed by atoms with Gasteiger partial charge in [-0.1, -0.05) is 22.5 Å². The first-order valence-corrected chi connectivity index (χ1v) is 8.84. The van der Waals surface area contributed by atoms with Crippen molar-refractivity contribution in [2.24, 2.45) is 0 Å². The molecule has 0 atom stereocenters. The van der Waals surface area contributed by atoms with Crippen LogP contribution in [0, 0.1) is 0 Å². The van der Waals surface area contributed by atoms with Crippen LogP contribution in [0.15, 0.2) is 35.3 Å². The normalized spacial score (nSPS) is 18.0. The lowest BCUT2D eigenvalue weighted by Gasteiger charge is -2.43. The molecular weight excluding hydrogens is 372 g/mol. The topological polar surface area (TPSA) is 49.9 Å². The molecule has 0 unspecified atom stereocenters. The number of fused-ring (bicyclic) bond motifs is 1. The summed E-state index contributed by atoms with van der Waals surface area (Å²) in [6.07, 6.45) is 4.24. The van der Waals surface area contributed by atoms with Crippen molar-refractivity contribution >= 4 is 27.7 Å². The zero-order chi connectivity index (χ0) is 17.3. The third kappa shape index (κ3) is 3.34. The fraction of sp³-hybridized carbons (Fsp3) is 0.444. The number of amides is 2. The molecular formula is C18H21BrN2O3. The van der Waals surface area contributed by atoms with Gasteiger partial charge in [-0.3, -0.25) is 9.59 Å². The van der Waals surface area contributed by atoms with E-state index in [0.717, 1.165) is 35.0 Å². The van der Waals surface area contributed by atoms with Gasteiger partial charge in [0.1, 0.15) is 11.4 Å². The van der Waals surface area contributed by atoms with Gasteiger partial charge >= 0.3 is 0 Å². The second-order valence-corrected chi connectivity index (χ2v) is 7.45. The molecule has 0 saturated heterocycles. The average molecular weight is 393 g/mol. The van der Waals surface area contributed by atoms with Gasteiger partial charge in [-0.15, -0.1) is 0 Å². The lowest BCUT2D eigenvalue weighted by molar-refractivity contribution is -0.140. The number of hydrogen-bond donors (Lipinski definition) is 0. The molecule has 0 N–H and O–H groups in total. The largest absolute Gasteiger partial charge is 0.485 e. The monoisotopic (exact) mass is 392 g/mol. The van der Waals surface area contributed by atoms with Crippen LogP contribution in [0.3, 0.4) is 0 Å². The second kappa shape index (κ2) is 6.59. The molecule has 3 rings (SSSR count). The fourth-order valence-corrected chi connectivity index (χ4v) is 3.60. The van der Waals surface area contributed by atoms with Gasteiger partial charge in [-0.25, -0.2) is 0 Å². The van der Waals surface area contributed by atoms with E-state index in [1.165, 1.54) is 11.0 Å². The van der Waals surface area contributed by atoms with Crippen LogP contribution in [-0.2, 0) is 16.1 Å². The van der Waals surface area contributed by atoms with Crippen molar-refractivity contribution in [3.63, 3.8) is 0 Å². The number of benzene rings is 1. The zero-order valence-electron chi connectivity index (χ0n) is 13.8. The highest BCUT2D eigenvalue weighted by molar-refractivity contribution is 9.10. The highest BCUT2D eigenvalue weighted by atomic mass is 79.9. The molecule has 1 saturated carbocycles. The van der Waals surface area contributed by atoms with E-state index < -0.39 is 0 Å². The van der Waals surface area contributed by atoms with E-state index in [1.807, 2.05) is 23.1 Å². The number of likely N-dealkylation sites (N-methyl/N-ethyl adjacent to an activating group) is 1. The van der Waals surface area contributed by atoms with E-state index in [-0.39, 0.29) is 24.0 Å². The molecule has 1 aromatic rings. The fourth-order valence-electron chi connectivity index (χ4n) is 3.19.